The van der Waals surface area contributed by atoms with Gasteiger partial charge in [0.05, 0.1) is 11.9 Å². The van der Waals surface area contributed by atoms with E-state index >= 15 is 0 Å². The average molecular weight is 359 g/mol. The van der Waals surface area contributed by atoms with Crippen molar-refractivity contribution in [3.63, 3.8) is 0 Å². The summed E-state index contributed by atoms with van der Waals surface area (Å²) in [4.78, 5) is 16.6. The van der Waals surface area contributed by atoms with Crippen molar-refractivity contribution in [2.45, 2.75) is 13.5 Å². The molecule has 0 bridgehead atoms. The van der Waals surface area contributed by atoms with Crippen molar-refractivity contribution in [2.75, 3.05) is 0 Å². The first kappa shape index (κ1) is 16.6. The van der Waals surface area contributed by atoms with E-state index in [1.165, 1.54) is 0 Å². The lowest BCUT2D eigenvalue weighted by atomic mass is 10.2. The van der Waals surface area contributed by atoms with Crippen LogP contribution in [0.3, 0.4) is 0 Å². The highest BCUT2D eigenvalue weighted by Crippen LogP contribution is 2.09. The topological polar surface area (TPSA) is 90.5 Å². The first-order chi connectivity index (χ1) is 13.2. The zero-order valence-corrected chi connectivity index (χ0v) is 14.6. The Kier molecular flexibility index (Phi) is 4.44. The van der Waals surface area contributed by atoms with Crippen LogP contribution in [0.15, 0.2) is 67.3 Å². The highest BCUT2D eigenvalue weighted by atomic mass is 16.2. The number of hydrogen-bond acceptors (Lipinski definition) is 5. The molecule has 0 saturated heterocycles. The van der Waals surface area contributed by atoms with Crippen molar-refractivity contribution < 1.29 is 4.79 Å². The van der Waals surface area contributed by atoms with Crippen LogP contribution in [0.5, 0.6) is 0 Å². The van der Waals surface area contributed by atoms with Crippen molar-refractivity contribution >= 4 is 5.91 Å². The van der Waals surface area contributed by atoms with Crippen LogP contribution < -0.4 is 5.32 Å². The van der Waals surface area contributed by atoms with Gasteiger partial charge in [-0.2, -0.15) is 5.10 Å². The van der Waals surface area contributed by atoms with Crippen LogP contribution >= 0.6 is 0 Å². The third-order valence-electron chi connectivity index (χ3n) is 4.03. The van der Waals surface area contributed by atoms with Gasteiger partial charge in [-0.3, -0.25) is 4.79 Å². The van der Waals surface area contributed by atoms with E-state index in [1.54, 1.807) is 28.0 Å². The molecule has 1 amide bonds. The first-order valence-electron chi connectivity index (χ1n) is 8.41. The Morgan fingerprint density at radius 1 is 1.11 bits per heavy atom. The molecule has 4 aromatic rings. The summed E-state index contributed by atoms with van der Waals surface area (Å²) in [6.45, 7) is 2.37. The number of carbonyl (C=O) groups excluding carboxylic acids is 1. The number of rotatable bonds is 5. The van der Waals surface area contributed by atoms with Crippen molar-refractivity contribution in [3.8, 4) is 11.5 Å². The largest absolute Gasteiger partial charge is 0.347 e. The normalized spacial score (nSPS) is 10.7. The minimum absolute atomic E-state index is 0.261. The van der Waals surface area contributed by atoms with E-state index in [2.05, 4.69) is 25.7 Å². The highest BCUT2D eigenvalue weighted by Gasteiger charge is 2.11. The third-order valence-corrected chi connectivity index (χ3v) is 4.03. The van der Waals surface area contributed by atoms with Gasteiger partial charge < -0.3 is 5.32 Å². The zero-order valence-electron chi connectivity index (χ0n) is 14.6. The van der Waals surface area contributed by atoms with Gasteiger partial charge >= 0.3 is 0 Å². The van der Waals surface area contributed by atoms with Crippen molar-refractivity contribution in [3.05, 3.63) is 84.1 Å². The predicted octanol–water partition coefficient (Wildman–Crippen LogP) is 2.09. The summed E-state index contributed by atoms with van der Waals surface area (Å²) in [5.74, 6) is 0.405. The Balaban J connectivity index is 1.43. The van der Waals surface area contributed by atoms with Crippen LogP contribution in [0.1, 0.15) is 21.6 Å². The average Bonchev–Trinajstić information content (AvgIpc) is 3.39. The number of nitrogens with zero attached hydrogens (tertiary/aromatic N) is 6. The maximum Gasteiger partial charge on any atom is 0.273 e. The number of benzene rings is 1. The van der Waals surface area contributed by atoms with Crippen LogP contribution in [0.4, 0.5) is 0 Å². The monoisotopic (exact) mass is 359 g/mol. The molecular formula is C19H17N7O. The molecule has 8 heteroatoms. The summed E-state index contributed by atoms with van der Waals surface area (Å²) >= 11 is 0. The van der Waals surface area contributed by atoms with E-state index in [-0.39, 0.29) is 11.6 Å². The number of amides is 1. The number of aromatic nitrogens is 6. The molecule has 0 atom stereocenters. The minimum Gasteiger partial charge on any atom is -0.347 e. The fourth-order valence-corrected chi connectivity index (χ4v) is 2.56. The van der Waals surface area contributed by atoms with Crippen LogP contribution in [-0.2, 0) is 6.54 Å². The summed E-state index contributed by atoms with van der Waals surface area (Å²) < 4.78 is 3.25. The Morgan fingerprint density at radius 3 is 2.74 bits per heavy atom. The molecule has 3 heterocycles. The smallest absolute Gasteiger partial charge is 0.273 e. The molecule has 27 heavy (non-hydrogen) atoms. The molecule has 1 aromatic carbocycles. The van der Waals surface area contributed by atoms with Crippen LogP contribution in [0.25, 0.3) is 11.5 Å². The Labute approximate surface area is 155 Å². The SMILES string of the molecule is Cc1ccc(-n2cc(C(=O)NCc3ccnc(-n4cccn4)c3)nn2)cc1. The van der Waals surface area contributed by atoms with Gasteiger partial charge in [0.25, 0.3) is 5.91 Å². The molecular weight excluding hydrogens is 342 g/mol. The van der Waals surface area contributed by atoms with Crippen LogP contribution in [0.2, 0.25) is 0 Å². The molecule has 4 rings (SSSR count). The van der Waals surface area contributed by atoms with E-state index in [4.69, 9.17) is 0 Å². The lowest BCUT2D eigenvalue weighted by Gasteiger charge is -2.05. The van der Waals surface area contributed by atoms with Gasteiger partial charge in [0, 0.05) is 25.1 Å². The molecule has 8 nitrogen and oxygen atoms in total. The lowest BCUT2D eigenvalue weighted by molar-refractivity contribution is 0.0946. The second-order valence-corrected chi connectivity index (χ2v) is 6.04. The molecule has 0 saturated carbocycles. The second-order valence-electron chi connectivity index (χ2n) is 6.04. The van der Waals surface area contributed by atoms with E-state index in [0.29, 0.717) is 12.4 Å². The van der Waals surface area contributed by atoms with E-state index in [9.17, 15) is 4.79 Å². The van der Waals surface area contributed by atoms with E-state index in [0.717, 1.165) is 16.8 Å². The van der Waals surface area contributed by atoms with Gasteiger partial charge in [-0.15, -0.1) is 5.10 Å². The Morgan fingerprint density at radius 2 is 1.96 bits per heavy atom. The summed E-state index contributed by atoms with van der Waals surface area (Å²) in [6.07, 6.45) is 6.80. The van der Waals surface area contributed by atoms with Gasteiger partial charge in [-0.1, -0.05) is 22.9 Å². The van der Waals surface area contributed by atoms with Crippen LogP contribution in [-0.4, -0.2) is 35.7 Å². The summed E-state index contributed by atoms with van der Waals surface area (Å²) in [5, 5.41) is 15.0. The molecule has 134 valence electrons. The fraction of sp³-hybridized carbons (Fsp3) is 0.105. The number of pyridine rings is 1. The van der Waals surface area contributed by atoms with E-state index in [1.807, 2.05) is 55.6 Å². The van der Waals surface area contributed by atoms with Crippen molar-refractivity contribution in [1.29, 1.82) is 0 Å². The number of nitrogens with one attached hydrogen (secondary N) is 1. The number of hydrogen-bond donors (Lipinski definition) is 1. The molecule has 0 fully saturated rings. The van der Waals surface area contributed by atoms with Crippen molar-refractivity contribution in [1.82, 2.24) is 35.1 Å². The first-order valence-corrected chi connectivity index (χ1v) is 8.41. The Bertz CT molecular complexity index is 1050. The molecule has 0 aliphatic rings. The maximum absolute atomic E-state index is 12.4. The molecule has 3 aromatic heterocycles. The number of aryl methyl sites for hydroxylation is 1. The van der Waals surface area contributed by atoms with E-state index < -0.39 is 0 Å². The fourth-order valence-electron chi connectivity index (χ4n) is 2.56. The van der Waals surface area contributed by atoms with Gasteiger partial charge in [0.1, 0.15) is 0 Å². The minimum atomic E-state index is -0.286. The van der Waals surface area contributed by atoms with Gasteiger partial charge in [-0.25, -0.2) is 14.3 Å². The molecule has 0 radical (unpaired) electrons. The van der Waals surface area contributed by atoms with Gasteiger partial charge in [0.2, 0.25) is 0 Å². The lowest BCUT2D eigenvalue weighted by Crippen LogP contribution is -2.23. The molecule has 0 aliphatic heterocycles. The second kappa shape index (κ2) is 7.20. The predicted molar refractivity (Wildman–Crippen MR) is 98.6 cm³/mol. The maximum atomic E-state index is 12.4. The molecule has 0 unspecified atom stereocenters. The summed E-state index contributed by atoms with van der Waals surface area (Å²) in [7, 11) is 0. The van der Waals surface area contributed by atoms with Gasteiger partial charge in [-0.05, 0) is 42.8 Å². The highest BCUT2D eigenvalue weighted by molar-refractivity contribution is 5.91. The molecule has 0 spiro atoms. The summed E-state index contributed by atoms with van der Waals surface area (Å²) in [5.41, 5.74) is 3.18. The zero-order chi connectivity index (χ0) is 18.6. The van der Waals surface area contributed by atoms with Crippen molar-refractivity contribution in [2.24, 2.45) is 0 Å². The molecule has 0 aliphatic carbocycles. The molecule has 1 N–H and O–H groups in total. The Hall–Kier alpha value is -3.81. The summed E-state index contributed by atoms with van der Waals surface area (Å²) in [6, 6.07) is 13.4. The van der Waals surface area contributed by atoms with Gasteiger partial charge in [0.15, 0.2) is 11.5 Å². The number of carbonyl (C=O) groups is 1. The standard InChI is InChI=1S/C19H17N7O/c1-14-3-5-16(6-4-14)26-13-17(23-24-26)19(27)21-12-15-7-9-20-18(11-15)25-10-2-8-22-25/h2-11,13H,12H2,1H3,(H,21,27). The quantitative estimate of drug-likeness (QED) is 0.589. The third kappa shape index (κ3) is 3.74. The van der Waals surface area contributed by atoms with Crippen LogP contribution in [0, 0.1) is 6.92 Å².